The second-order valence-electron chi connectivity index (χ2n) is 6.08. The summed E-state index contributed by atoms with van der Waals surface area (Å²) in [6, 6.07) is 12.3. The van der Waals surface area contributed by atoms with Crippen molar-refractivity contribution in [2.75, 3.05) is 0 Å². The highest BCUT2D eigenvalue weighted by Gasteiger charge is 2.39. The summed E-state index contributed by atoms with van der Waals surface area (Å²) in [4.78, 5) is 14.1. The van der Waals surface area contributed by atoms with Crippen LogP contribution in [0.15, 0.2) is 45.5 Å². The zero-order valence-electron chi connectivity index (χ0n) is 12.5. The number of phenols is 1. The number of hydrogen-bond donors (Lipinski definition) is 3. The van der Waals surface area contributed by atoms with Crippen molar-refractivity contribution < 1.29 is 9.90 Å². The highest BCUT2D eigenvalue weighted by molar-refractivity contribution is 8.01. The number of rotatable bonds is 4. The van der Waals surface area contributed by atoms with Crippen LogP contribution in [0.2, 0.25) is 0 Å². The van der Waals surface area contributed by atoms with Gasteiger partial charge in [0.05, 0.1) is 9.09 Å². The van der Waals surface area contributed by atoms with E-state index in [9.17, 15) is 9.90 Å². The zero-order chi connectivity index (χ0) is 15.8. The Labute approximate surface area is 143 Å². The SMILES string of the molecule is O=C(NC1CC2CCC1N2)c1ccc(Sc2cccc(O)c2)s1. The predicted molar refractivity (Wildman–Crippen MR) is 92.4 cm³/mol. The molecule has 2 bridgehead atoms. The quantitative estimate of drug-likeness (QED) is 0.795. The lowest BCUT2D eigenvalue weighted by molar-refractivity contribution is 0.0935. The summed E-state index contributed by atoms with van der Waals surface area (Å²) in [5.41, 5.74) is 0. The van der Waals surface area contributed by atoms with Crippen LogP contribution >= 0.6 is 23.1 Å². The molecule has 23 heavy (non-hydrogen) atoms. The van der Waals surface area contributed by atoms with Crippen LogP contribution in [0.1, 0.15) is 28.9 Å². The van der Waals surface area contributed by atoms with Crippen molar-refractivity contribution in [3.8, 4) is 5.75 Å². The lowest BCUT2D eigenvalue weighted by Gasteiger charge is -2.20. The van der Waals surface area contributed by atoms with E-state index in [2.05, 4.69) is 10.6 Å². The van der Waals surface area contributed by atoms with Gasteiger partial charge in [0.25, 0.3) is 5.91 Å². The minimum Gasteiger partial charge on any atom is -0.508 e. The summed E-state index contributed by atoms with van der Waals surface area (Å²) in [7, 11) is 0. The van der Waals surface area contributed by atoms with Gasteiger partial charge in [-0.1, -0.05) is 17.8 Å². The normalized spacial score (nSPS) is 25.7. The fourth-order valence-electron chi connectivity index (χ4n) is 3.38. The number of carbonyl (C=O) groups is 1. The average Bonchev–Trinajstić information content (AvgIpc) is 3.23. The Hall–Kier alpha value is -1.50. The molecule has 0 saturated carbocycles. The first kappa shape index (κ1) is 15.1. The molecule has 4 nitrogen and oxygen atoms in total. The third kappa shape index (κ3) is 3.24. The predicted octanol–water partition coefficient (Wildman–Crippen LogP) is 3.23. The second kappa shape index (κ2) is 6.19. The molecule has 3 atom stereocenters. The van der Waals surface area contributed by atoms with E-state index < -0.39 is 0 Å². The first-order chi connectivity index (χ1) is 11.2. The second-order valence-corrected chi connectivity index (χ2v) is 8.54. The maximum absolute atomic E-state index is 12.4. The van der Waals surface area contributed by atoms with Crippen LogP contribution in [-0.2, 0) is 0 Å². The molecule has 0 aliphatic carbocycles. The van der Waals surface area contributed by atoms with Crippen molar-refractivity contribution in [3.63, 3.8) is 0 Å². The molecule has 0 spiro atoms. The topological polar surface area (TPSA) is 61.4 Å². The Morgan fingerprint density at radius 3 is 2.96 bits per heavy atom. The van der Waals surface area contributed by atoms with E-state index in [0.29, 0.717) is 12.1 Å². The molecule has 2 saturated heterocycles. The molecular weight excluding hydrogens is 328 g/mol. The number of hydrogen-bond acceptors (Lipinski definition) is 5. The van der Waals surface area contributed by atoms with Gasteiger partial charge in [0, 0.05) is 23.0 Å². The number of phenolic OH excluding ortho intramolecular Hbond substituents is 1. The van der Waals surface area contributed by atoms with Gasteiger partial charge in [-0.15, -0.1) is 11.3 Å². The number of amides is 1. The van der Waals surface area contributed by atoms with Gasteiger partial charge in [-0.2, -0.15) is 0 Å². The first-order valence-electron chi connectivity index (χ1n) is 7.81. The van der Waals surface area contributed by atoms with Gasteiger partial charge in [-0.3, -0.25) is 4.79 Å². The fraction of sp³-hybridized carbons (Fsp3) is 0.353. The zero-order valence-corrected chi connectivity index (χ0v) is 14.1. The Morgan fingerprint density at radius 1 is 1.30 bits per heavy atom. The number of benzene rings is 1. The van der Waals surface area contributed by atoms with Crippen LogP contribution < -0.4 is 10.6 Å². The van der Waals surface area contributed by atoms with Gasteiger partial charge in [0.15, 0.2) is 0 Å². The molecule has 1 aromatic carbocycles. The molecule has 120 valence electrons. The van der Waals surface area contributed by atoms with Gasteiger partial charge in [-0.25, -0.2) is 0 Å². The molecule has 3 unspecified atom stereocenters. The van der Waals surface area contributed by atoms with Gasteiger partial charge in [-0.05, 0) is 49.6 Å². The number of fused-ring (bicyclic) bond motifs is 2. The average molecular weight is 346 g/mol. The van der Waals surface area contributed by atoms with Crippen molar-refractivity contribution >= 4 is 29.0 Å². The van der Waals surface area contributed by atoms with Crippen LogP contribution in [0.4, 0.5) is 0 Å². The fourth-order valence-corrected chi connectivity index (χ4v) is 5.44. The molecule has 2 fully saturated rings. The van der Waals surface area contributed by atoms with E-state index in [0.717, 1.165) is 20.4 Å². The molecule has 2 aliphatic rings. The summed E-state index contributed by atoms with van der Waals surface area (Å²) in [5.74, 6) is 0.283. The summed E-state index contributed by atoms with van der Waals surface area (Å²) < 4.78 is 1.05. The van der Waals surface area contributed by atoms with E-state index in [1.165, 1.54) is 24.2 Å². The number of aromatic hydroxyl groups is 1. The number of nitrogens with one attached hydrogen (secondary N) is 2. The van der Waals surface area contributed by atoms with E-state index in [1.54, 1.807) is 23.9 Å². The van der Waals surface area contributed by atoms with Crippen LogP contribution in [0.25, 0.3) is 0 Å². The third-order valence-corrected chi connectivity index (χ3v) is 6.66. The molecule has 0 radical (unpaired) electrons. The van der Waals surface area contributed by atoms with Crippen molar-refractivity contribution in [1.82, 2.24) is 10.6 Å². The van der Waals surface area contributed by atoms with E-state index in [1.807, 2.05) is 24.3 Å². The van der Waals surface area contributed by atoms with Crippen LogP contribution in [0, 0.1) is 0 Å². The minimum absolute atomic E-state index is 0.0251. The molecule has 2 aliphatic heterocycles. The standard InChI is InChI=1S/C17H18N2O2S2/c20-11-2-1-3-12(9-11)22-16-7-6-15(23-16)17(21)19-14-8-10-4-5-13(14)18-10/h1-3,6-7,9-10,13-14,18,20H,4-5,8H2,(H,19,21). The van der Waals surface area contributed by atoms with Crippen LogP contribution in [0.5, 0.6) is 5.75 Å². The number of carbonyl (C=O) groups excluding carboxylic acids is 1. The minimum atomic E-state index is 0.0251. The lowest BCUT2D eigenvalue weighted by atomic mass is 9.95. The largest absolute Gasteiger partial charge is 0.508 e. The molecule has 1 amide bonds. The lowest BCUT2D eigenvalue weighted by Crippen LogP contribution is -2.42. The molecular formula is C17H18N2O2S2. The highest BCUT2D eigenvalue weighted by Crippen LogP contribution is 2.35. The Bertz CT molecular complexity index is 731. The molecule has 3 heterocycles. The highest BCUT2D eigenvalue weighted by atomic mass is 32.2. The first-order valence-corrected chi connectivity index (χ1v) is 9.44. The van der Waals surface area contributed by atoms with Crippen molar-refractivity contribution in [3.05, 3.63) is 41.3 Å². The Kier molecular flexibility index (Phi) is 4.05. The van der Waals surface area contributed by atoms with Crippen molar-refractivity contribution in [2.24, 2.45) is 0 Å². The van der Waals surface area contributed by atoms with E-state index in [-0.39, 0.29) is 17.7 Å². The monoisotopic (exact) mass is 346 g/mol. The van der Waals surface area contributed by atoms with Gasteiger partial charge in [0.1, 0.15) is 5.75 Å². The maximum Gasteiger partial charge on any atom is 0.261 e. The van der Waals surface area contributed by atoms with E-state index >= 15 is 0 Å². The Balaban J connectivity index is 1.40. The van der Waals surface area contributed by atoms with Crippen LogP contribution in [0.3, 0.4) is 0 Å². The van der Waals surface area contributed by atoms with Crippen molar-refractivity contribution in [2.45, 2.75) is 46.5 Å². The third-order valence-electron chi connectivity index (χ3n) is 4.46. The van der Waals surface area contributed by atoms with E-state index in [4.69, 9.17) is 0 Å². The summed E-state index contributed by atoms with van der Waals surface area (Å²) >= 11 is 3.05. The molecule has 2 aromatic rings. The van der Waals surface area contributed by atoms with Gasteiger partial charge in [0.2, 0.25) is 0 Å². The molecule has 3 N–H and O–H groups in total. The maximum atomic E-state index is 12.4. The summed E-state index contributed by atoms with van der Waals surface area (Å²) in [6.07, 6.45) is 3.45. The number of thiophene rings is 1. The molecule has 1 aromatic heterocycles. The summed E-state index contributed by atoms with van der Waals surface area (Å²) in [6.45, 7) is 0. The summed E-state index contributed by atoms with van der Waals surface area (Å²) in [5, 5.41) is 16.2. The van der Waals surface area contributed by atoms with Gasteiger partial charge < -0.3 is 15.7 Å². The Morgan fingerprint density at radius 2 is 2.22 bits per heavy atom. The van der Waals surface area contributed by atoms with Crippen LogP contribution in [-0.4, -0.2) is 29.1 Å². The molecule has 4 rings (SSSR count). The van der Waals surface area contributed by atoms with Crippen molar-refractivity contribution in [1.29, 1.82) is 0 Å². The van der Waals surface area contributed by atoms with Gasteiger partial charge >= 0.3 is 0 Å². The smallest absolute Gasteiger partial charge is 0.261 e. The molecule has 6 heteroatoms.